The van der Waals surface area contributed by atoms with Crippen molar-refractivity contribution < 1.29 is 38.4 Å². The molecule has 1 amide bonds. The summed E-state index contributed by atoms with van der Waals surface area (Å²) in [5.41, 5.74) is 5.43. The molecule has 0 saturated carbocycles. The monoisotopic (exact) mass is 558 g/mol. The Bertz CT molecular complexity index is 738. The van der Waals surface area contributed by atoms with E-state index in [9.17, 15) is 15.0 Å². The van der Waals surface area contributed by atoms with Gasteiger partial charge in [-0.15, -0.1) is 0 Å². The van der Waals surface area contributed by atoms with Crippen LogP contribution in [0.1, 0.15) is 78.2 Å². The van der Waals surface area contributed by atoms with Crippen LogP contribution in [0.25, 0.3) is 0 Å². The number of carbonyl (C=O) groups is 1. The van der Waals surface area contributed by atoms with E-state index in [0.29, 0.717) is 30.4 Å². The van der Waals surface area contributed by atoms with E-state index in [0.717, 1.165) is 38.0 Å². The van der Waals surface area contributed by atoms with Gasteiger partial charge in [0.25, 0.3) is 0 Å². The number of rotatable bonds is 21. The zero-order valence-electron chi connectivity index (χ0n) is 24.8. The highest BCUT2D eigenvalue weighted by Crippen LogP contribution is 2.16. The SMILES string of the molecule is C=C(OCC(O)COCc1ccc(COCC(CO)OC(=O)NCCCCCN)o1)C(C)CCC.CC(C)C. The number of alkyl carbamates (subject to hydrolysis) is 1. The third kappa shape index (κ3) is 21.4. The van der Waals surface area contributed by atoms with Crippen molar-refractivity contribution in [3.8, 4) is 0 Å². The van der Waals surface area contributed by atoms with Gasteiger partial charge in [-0.2, -0.15) is 0 Å². The van der Waals surface area contributed by atoms with Crippen molar-refractivity contribution in [3.63, 3.8) is 0 Å². The maximum Gasteiger partial charge on any atom is 0.407 e. The molecule has 3 unspecified atom stereocenters. The second kappa shape index (κ2) is 23.7. The zero-order chi connectivity index (χ0) is 29.5. The number of carbonyl (C=O) groups excluding carboxylic acids is 1. The molecule has 0 aliphatic heterocycles. The lowest BCUT2D eigenvalue weighted by atomic mass is 10.1. The number of nitrogens with one attached hydrogen (secondary N) is 1. The molecule has 10 heteroatoms. The quantitative estimate of drug-likeness (QED) is 0.126. The van der Waals surface area contributed by atoms with Gasteiger partial charge in [-0.3, -0.25) is 0 Å². The van der Waals surface area contributed by atoms with Gasteiger partial charge in [-0.25, -0.2) is 4.79 Å². The maximum absolute atomic E-state index is 11.8. The van der Waals surface area contributed by atoms with Gasteiger partial charge in [0.1, 0.15) is 43.5 Å². The normalized spacial score (nSPS) is 13.3. The molecule has 0 spiro atoms. The Morgan fingerprint density at radius 3 is 2.23 bits per heavy atom. The van der Waals surface area contributed by atoms with Crippen LogP contribution in [-0.4, -0.2) is 68.0 Å². The number of allylic oxidation sites excluding steroid dienone is 1. The highest BCUT2D eigenvalue weighted by Gasteiger charge is 2.15. The lowest BCUT2D eigenvalue weighted by molar-refractivity contribution is -0.0199. The summed E-state index contributed by atoms with van der Waals surface area (Å²) in [4.78, 5) is 11.8. The molecule has 0 radical (unpaired) electrons. The van der Waals surface area contributed by atoms with E-state index in [1.165, 1.54) is 0 Å². The van der Waals surface area contributed by atoms with Gasteiger partial charge in [0.2, 0.25) is 0 Å². The number of aliphatic hydroxyl groups excluding tert-OH is 2. The summed E-state index contributed by atoms with van der Waals surface area (Å²) >= 11 is 0. The van der Waals surface area contributed by atoms with Crippen LogP contribution in [0.3, 0.4) is 0 Å². The molecule has 10 nitrogen and oxygen atoms in total. The van der Waals surface area contributed by atoms with Crippen LogP contribution in [0.15, 0.2) is 28.9 Å². The summed E-state index contributed by atoms with van der Waals surface area (Å²) in [6.07, 6.45) is 2.57. The van der Waals surface area contributed by atoms with Gasteiger partial charge < -0.3 is 44.6 Å². The first-order valence-electron chi connectivity index (χ1n) is 14.1. The lowest BCUT2D eigenvalue weighted by Gasteiger charge is -2.18. The van der Waals surface area contributed by atoms with E-state index in [1.54, 1.807) is 12.1 Å². The van der Waals surface area contributed by atoms with Crippen molar-refractivity contribution in [1.82, 2.24) is 5.32 Å². The van der Waals surface area contributed by atoms with E-state index < -0.39 is 18.3 Å². The zero-order valence-corrected chi connectivity index (χ0v) is 24.8. The molecule has 1 heterocycles. The average molecular weight is 559 g/mol. The highest BCUT2D eigenvalue weighted by molar-refractivity contribution is 5.67. The fourth-order valence-electron chi connectivity index (χ4n) is 3.11. The molecule has 0 saturated heterocycles. The van der Waals surface area contributed by atoms with Gasteiger partial charge in [-0.05, 0) is 43.9 Å². The molecule has 1 aromatic rings. The molecule has 0 aromatic carbocycles. The smallest absolute Gasteiger partial charge is 0.407 e. The number of hydrogen-bond donors (Lipinski definition) is 4. The molecule has 3 atom stereocenters. The summed E-state index contributed by atoms with van der Waals surface area (Å²) in [7, 11) is 0. The molecule has 0 fully saturated rings. The van der Waals surface area contributed by atoms with Crippen LogP contribution >= 0.6 is 0 Å². The highest BCUT2D eigenvalue weighted by atomic mass is 16.6. The number of furan rings is 1. The van der Waals surface area contributed by atoms with Gasteiger partial charge in [0.15, 0.2) is 0 Å². The van der Waals surface area contributed by atoms with Gasteiger partial charge >= 0.3 is 6.09 Å². The van der Waals surface area contributed by atoms with Crippen molar-refractivity contribution >= 4 is 6.09 Å². The predicted molar refractivity (Wildman–Crippen MR) is 152 cm³/mol. The Balaban J connectivity index is 0.00000336. The number of aliphatic hydroxyl groups is 2. The minimum absolute atomic E-state index is 0.0258. The number of unbranched alkanes of at least 4 members (excludes halogenated alkanes) is 2. The first-order valence-corrected chi connectivity index (χ1v) is 14.1. The standard InChI is InChI=1S/C25H44N2O8.C4H10/c1-4-8-19(2)20(3)33-15-21(29)14-31-16-22-9-10-23(34-22)17-32-18-24(13-28)35-25(30)27-12-7-5-6-11-26;1-4(2)3/h9-10,19,21,24,28-29H,3-8,11-18,26H2,1-2H3,(H,27,30);4H,1-3H3. The summed E-state index contributed by atoms with van der Waals surface area (Å²) in [6, 6.07) is 3.51. The Labute approximate surface area is 235 Å². The van der Waals surface area contributed by atoms with Crippen molar-refractivity contribution in [2.24, 2.45) is 17.6 Å². The summed E-state index contributed by atoms with van der Waals surface area (Å²) in [5, 5.41) is 22.1. The van der Waals surface area contributed by atoms with E-state index >= 15 is 0 Å². The van der Waals surface area contributed by atoms with Crippen molar-refractivity contribution in [2.75, 3.05) is 39.5 Å². The Kier molecular flexibility index (Phi) is 22.5. The third-order valence-corrected chi connectivity index (χ3v) is 5.18. The number of amides is 1. The average Bonchev–Trinajstić information content (AvgIpc) is 3.33. The Morgan fingerprint density at radius 1 is 1.05 bits per heavy atom. The minimum Gasteiger partial charge on any atom is -0.495 e. The molecule has 0 aliphatic carbocycles. The van der Waals surface area contributed by atoms with Crippen LogP contribution in [0.2, 0.25) is 0 Å². The fourth-order valence-corrected chi connectivity index (χ4v) is 3.11. The van der Waals surface area contributed by atoms with Crippen molar-refractivity contribution in [2.45, 2.75) is 92.1 Å². The van der Waals surface area contributed by atoms with E-state index in [-0.39, 0.29) is 45.6 Å². The maximum atomic E-state index is 11.8. The minimum atomic E-state index is -0.776. The fraction of sp³-hybridized carbons (Fsp3) is 0.759. The largest absolute Gasteiger partial charge is 0.495 e. The van der Waals surface area contributed by atoms with Crippen molar-refractivity contribution in [1.29, 1.82) is 0 Å². The van der Waals surface area contributed by atoms with E-state index in [4.69, 9.17) is 29.1 Å². The summed E-state index contributed by atoms with van der Waals surface area (Å²) in [5.74, 6) is 2.91. The number of nitrogens with two attached hydrogens (primary N) is 1. The van der Waals surface area contributed by atoms with Gasteiger partial charge in [0.05, 0.1) is 25.6 Å². The molecule has 1 rings (SSSR count). The van der Waals surface area contributed by atoms with E-state index in [1.807, 2.05) is 6.92 Å². The van der Waals surface area contributed by atoms with Crippen LogP contribution in [0, 0.1) is 11.8 Å². The first kappa shape index (κ1) is 36.9. The molecule has 0 aliphatic rings. The summed E-state index contributed by atoms with van der Waals surface area (Å²) in [6.45, 7) is 15.9. The number of hydrogen-bond acceptors (Lipinski definition) is 9. The Hall–Kier alpha value is -2.11. The molecule has 1 aromatic heterocycles. The predicted octanol–water partition coefficient (Wildman–Crippen LogP) is 4.52. The van der Waals surface area contributed by atoms with E-state index in [2.05, 4.69) is 39.6 Å². The molecule has 228 valence electrons. The Morgan fingerprint density at radius 2 is 1.67 bits per heavy atom. The molecule has 39 heavy (non-hydrogen) atoms. The first-order chi connectivity index (χ1) is 18.6. The van der Waals surface area contributed by atoms with Gasteiger partial charge in [0, 0.05) is 12.5 Å². The lowest BCUT2D eigenvalue weighted by Crippen LogP contribution is -2.33. The molecular weight excluding hydrogens is 504 g/mol. The second-order valence-corrected chi connectivity index (χ2v) is 10.2. The molecular formula is C29H54N2O8. The van der Waals surface area contributed by atoms with Crippen LogP contribution in [0.4, 0.5) is 4.79 Å². The van der Waals surface area contributed by atoms with Crippen LogP contribution in [-0.2, 0) is 32.2 Å². The second-order valence-electron chi connectivity index (χ2n) is 10.2. The topological polar surface area (TPSA) is 146 Å². The number of ether oxygens (including phenoxy) is 4. The molecule has 5 N–H and O–H groups in total. The van der Waals surface area contributed by atoms with Gasteiger partial charge in [-0.1, -0.05) is 54.0 Å². The summed E-state index contributed by atoms with van der Waals surface area (Å²) < 4.78 is 27.3. The van der Waals surface area contributed by atoms with Crippen LogP contribution < -0.4 is 11.1 Å². The van der Waals surface area contributed by atoms with Crippen molar-refractivity contribution in [3.05, 3.63) is 36.0 Å². The molecule has 0 bridgehead atoms. The third-order valence-electron chi connectivity index (χ3n) is 5.18. The van der Waals surface area contributed by atoms with Crippen LogP contribution in [0.5, 0.6) is 0 Å².